The van der Waals surface area contributed by atoms with Crippen molar-refractivity contribution in [1.82, 2.24) is 4.90 Å². The molecule has 0 radical (unpaired) electrons. The Morgan fingerprint density at radius 3 is 2.71 bits per heavy atom. The summed E-state index contributed by atoms with van der Waals surface area (Å²) >= 11 is 1.91. The van der Waals surface area contributed by atoms with Gasteiger partial charge in [-0.15, -0.1) is 0 Å². The number of aryl methyl sites for hydroxylation is 1. The highest BCUT2D eigenvalue weighted by Crippen LogP contribution is 2.20. The van der Waals surface area contributed by atoms with Gasteiger partial charge >= 0.3 is 0 Å². The van der Waals surface area contributed by atoms with Crippen LogP contribution in [0, 0.1) is 6.92 Å². The number of benzene rings is 1. The molecule has 1 heterocycles. The third kappa shape index (κ3) is 2.75. The molecule has 17 heavy (non-hydrogen) atoms. The number of anilines is 1. The maximum atomic E-state index is 12.4. The Morgan fingerprint density at radius 2 is 2.06 bits per heavy atom. The molecule has 1 amide bonds. The van der Waals surface area contributed by atoms with Gasteiger partial charge in [0.1, 0.15) is 0 Å². The van der Waals surface area contributed by atoms with E-state index in [4.69, 9.17) is 0 Å². The summed E-state index contributed by atoms with van der Waals surface area (Å²) in [5, 5.41) is 3.09. The minimum atomic E-state index is 0.151. The molecule has 1 aromatic carbocycles. The molecule has 1 aliphatic heterocycles. The fraction of sp³-hybridized carbons (Fsp3) is 0.462. The third-order valence-electron chi connectivity index (χ3n) is 2.97. The first-order valence-electron chi connectivity index (χ1n) is 5.88. The lowest BCUT2D eigenvalue weighted by Crippen LogP contribution is -2.38. The fourth-order valence-corrected chi connectivity index (χ4v) is 2.89. The topological polar surface area (TPSA) is 32.3 Å². The van der Waals surface area contributed by atoms with E-state index in [2.05, 4.69) is 5.32 Å². The fourth-order valence-electron chi connectivity index (χ4n) is 1.99. The van der Waals surface area contributed by atoms with Crippen LogP contribution < -0.4 is 5.32 Å². The summed E-state index contributed by atoms with van der Waals surface area (Å²) in [7, 11) is 1.85. The molecule has 1 aliphatic rings. The lowest BCUT2D eigenvalue weighted by Gasteiger charge is -2.27. The standard InChI is InChI=1S/C13H18N2OS/c1-10-3-4-12(14-2)11(9-10)13(16)15-5-7-17-8-6-15/h3-4,9,14H,5-8H2,1-2H3. The highest BCUT2D eigenvalue weighted by molar-refractivity contribution is 7.99. The van der Waals surface area contributed by atoms with Gasteiger partial charge in [0.15, 0.2) is 0 Å². The van der Waals surface area contributed by atoms with Gasteiger partial charge in [-0.1, -0.05) is 11.6 Å². The second-order valence-electron chi connectivity index (χ2n) is 4.20. The molecule has 4 heteroatoms. The quantitative estimate of drug-likeness (QED) is 0.873. The first-order chi connectivity index (χ1) is 8.22. The molecule has 1 fully saturated rings. The summed E-state index contributed by atoms with van der Waals surface area (Å²) in [5.41, 5.74) is 2.83. The van der Waals surface area contributed by atoms with Crippen molar-refractivity contribution in [2.24, 2.45) is 0 Å². The predicted molar refractivity (Wildman–Crippen MR) is 74.0 cm³/mol. The first-order valence-corrected chi connectivity index (χ1v) is 7.03. The molecule has 2 rings (SSSR count). The molecule has 1 N–H and O–H groups in total. The Balaban J connectivity index is 2.25. The number of nitrogens with zero attached hydrogens (tertiary/aromatic N) is 1. The van der Waals surface area contributed by atoms with Crippen LogP contribution in [0.4, 0.5) is 5.69 Å². The van der Waals surface area contributed by atoms with Gasteiger partial charge in [-0.3, -0.25) is 4.79 Å². The number of thioether (sulfide) groups is 1. The maximum Gasteiger partial charge on any atom is 0.256 e. The van der Waals surface area contributed by atoms with Crippen molar-refractivity contribution in [3.05, 3.63) is 29.3 Å². The number of hydrogen-bond acceptors (Lipinski definition) is 3. The lowest BCUT2D eigenvalue weighted by atomic mass is 10.1. The second-order valence-corrected chi connectivity index (χ2v) is 5.43. The number of carbonyl (C=O) groups excluding carboxylic acids is 1. The molecule has 0 spiro atoms. The van der Waals surface area contributed by atoms with Crippen LogP contribution in [-0.4, -0.2) is 42.4 Å². The smallest absolute Gasteiger partial charge is 0.256 e. The van der Waals surface area contributed by atoms with Crippen molar-refractivity contribution in [1.29, 1.82) is 0 Å². The van der Waals surface area contributed by atoms with Crippen LogP contribution in [0.1, 0.15) is 15.9 Å². The van der Waals surface area contributed by atoms with E-state index in [-0.39, 0.29) is 5.91 Å². The maximum absolute atomic E-state index is 12.4. The van der Waals surface area contributed by atoms with Crippen LogP contribution in [0.5, 0.6) is 0 Å². The summed E-state index contributed by atoms with van der Waals surface area (Å²) in [6.45, 7) is 3.74. The van der Waals surface area contributed by atoms with E-state index >= 15 is 0 Å². The third-order valence-corrected chi connectivity index (χ3v) is 3.92. The zero-order valence-electron chi connectivity index (χ0n) is 10.3. The Kier molecular flexibility index (Phi) is 3.94. The Hall–Kier alpha value is -1.16. The lowest BCUT2D eigenvalue weighted by molar-refractivity contribution is 0.0773. The number of amides is 1. The van der Waals surface area contributed by atoms with Crippen LogP contribution in [0.2, 0.25) is 0 Å². The van der Waals surface area contributed by atoms with E-state index in [0.29, 0.717) is 0 Å². The second kappa shape index (κ2) is 5.45. The van der Waals surface area contributed by atoms with E-state index in [1.54, 1.807) is 0 Å². The minimum Gasteiger partial charge on any atom is -0.387 e. The van der Waals surface area contributed by atoms with Crippen molar-refractivity contribution in [2.45, 2.75) is 6.92 Å². The van der Waals surface area contributed by atoms with Gasteiger partial charge in [0.05, 0.1) is 5.56 Å². The first kappa shape index (κ1) is 12.3. The summed E-state index contributed by atoms with van der Waals surface area (Å²) in [5.74, 6) is 2.25. The van der Waals surface area contributed by atoms with E-state index in [1.807, 2.05) is 48.8 Å². The molecule has 1 saturated heterocycles. The van der Waals surface area contributed by atoms with Crippen molar-refractivity contribution in [3.8, 4) is 0 Å². The zero-order chi connectivity index (χ0) is 12.3. The Labute approximate surface area is 107 Å². The number of hydrogen-bond donors (Lipinski definition) is 1. The molecule has 0 unspecified atom stereocenters. The molecule has 92 valence electrons. The van der Waals surface area contributed by atoms with Gasteiger partial charge in [-0.05, 0) is 19.1 Å². The monoisotopic (exact) mass is 250 g/mol. The number of rotatable bonds is 2. The molecule has 3 nitrogen and oxygen atoms in total. The summed E-state index contributed by atoms with van der Waals surface area (Å²) in [6.07, 6.45) is 0. The number of carbonyl (C=O) groups is 1. The van der Waals surface area contributed by atoms with Gasteiger partial charge in [0.25, 0.3) is 5.91 Å². The Bertz CT molecular complexity index is 414. The summed E-state index contributed by atoms with van der Waals surface area (Å²) in [4.78, 5) is 14.4. The van der Waals surface area contributed by atoms with Gasteiger partial charge in [0.2, 0.25) is 0 Å². The number of nitrogens with one attached hydrogen (secondary N) is 1. The van der Waals surface area contributed by atoms with Gasteiger partial charge in [-0.25, -0.2) is 0 Å². The molecular weight excluding hydrogens is 232 g/mol. The molecule has 0 aromatic heterocycles. The summed E-state index contributed by atoms with van der Waals surface area (Å²) in [6, 6.07) is 5.96. The van der Waals surface area contributed by atoms with Crippen molar-refractivity contribution < 1.29 is 4.79 Å². The SMILES string of the molecule is CNc1ccc(C)cc1C(=O)N1CCSCC1. The van der Waals surface area contributed by atoms with Crippen LogP contribution in [0.3, 0.4) is 0 Å². The van der Waals surface area contributed by atoms with Crippen LogP contribution >= 0.6 is 11.8 Å². The zero-order valence-corrected chi connectivity index (χ0v) is 11.1. The van der Waals surface area contributed by atoms with Gasteiger partial charge in [0, 0.05) is 37.3 Å². The normalized spacial score (nSPS) is 15.8. The Morgan fingerprint density at radius 1 is 1.35 bits per heavy atom. The van der Waals surface area contributed by atoms with Crippen LogP contribution in [0.15, 0.2) is 18.2 Å². The van der Waals surface area contributed by atoms with E-state index < -0.39 is 0 Å². The van der Waals surface area contributed by atoms with Gasteiger partial charge < -0.3 is 10.2 Å². The van der Waals surface area contributed by atoms with Crippen molar-refractivity contribution >= 4 is 23.4 Å². The molecular formula is C13H18N2OS. The van der Waals surface area contributed by atoms with E-state index in [0.717, 1.165) is 41.4 Å². The van der Waals surface area contributed by atoms with Crippen molar-refractivity contribution in [2.75, 3.05) is 37.0 Å². The summed E-state index contributed by atoms with van der Waals surface area (Å²) < 4.78 is 0. The molecule has 0 saturated carbocycles. The molecule has 0 aliphatic carbocycles. The highest BCUT2D eigenvalue weighted by atomic mass is 32.2. The molecule has 0 bridgehead atoms. The average Bonchev–Trinajstić information content (AvgIpc) is 2.39. The average molecular weight is 250 g/mol. The largest absolute Gasteiger partial charge is 0.387 e. The molecule has 0 atom stereocenters. The predicted octanol–water partition coefficient (Wildman–Crippen LogP) is 2.23. The van der Waals surface area contributed by atoms with Crippen LogP contribution in [0.25, 0.3) is 0 Å². The minimum absolute atomic E-state index is 0.151. The van der Waals surface area contributed by atoms with Crippen LogP contribution in [-0.2, 0) is 0 Å². The highest BCUT2D eigenvalue weighted by Gasteiger charge is 2.20. The van der Waals surface area contributed by atoms with Gasteiger partial charge in [-0.2, -0.15) is 11.8 Å². The van der Waals surface area contributed by atoms with E-state index in [1.165, 1.54) is 0 Å². The molecule has 1 aromatic rings. The van der Waals surface area contributed by atoms with Crippen molar-refractivity contribution in [3.63, 3.8) is 0 Å². The van der Waals surface area contributed by atoms with E-state index in [9.17, 15) is 4.79 Å².